The summed E-state index contributed by atoms with van der Waals surface area (Å²) in [7, 11) is 1.66. The Hall–Kier alpha value is -1.18. The number of para-hydroxylation sites is 2. The molecule has 0 unspecified atom stereocenters. The summed E-state index contributed by atoms with van der Waals surface area (Å²) in [4.78, 5) is 0. The van der Waals surface area contributed by atoms with Gasteiger partial charge in [0.25, 0.3) is 0 Å². The Morgan fingerprint density at radius 3 is 2.42 bits per heavy atom. The molecule has 1 saturated carbocycles. The summed E-state index contributed by atoms with van der Waals surface area (Å²) in [6, 6.07) is 7.76. The number of hydrogen-bond acceptors (Lipinski definition) is 2. The molecule has 1 aromatic carbocycles. The zero-order valence-electron chi connectivity index (χ0n) is 7.12. The predicted octanol–water partition coefficient (Wildman–Crippen LogP) is 2.24. The van der Waals surface area contributed by atoms with E-state index in [1.165, 1.54) is 12.8 Å². The number of ether oxygens (including phenoxy) is 2. The summed E-state index contributed by atoms with van der Waals surface area (Å²) in [6.45, 7) is 0. The molecule has 2 nitrogen and oxygen atoms in total. The lowest BCUT2D eigenvalue weighted by Crippen LogP contribution is -1.97. The first-order valence-corrected chi connectivity index (χ1v) is 4.20. The molecule has 0 aliphatic heterocycles. The average Bonchev–Trinajstić information content (AvgIpc) is 2.89. The van der Waals surface area contributed by atoms with Crippen molar-refractivity contribution in [2.75, 3.05) is 7.11 Å². The molecule has 64 valence electrons. The maximum atomic E-state index is 5.62. The summed E-state index contributed by atoms with van der Waals surface area (Å²) in [6.07, 6.45) is 2.79. The van der Waals surface area contributed by atoms with E-state index in [4.69, 9.17) is 9.47 Å². The van der Waals surface area contributed by atoms with E-state index < -0.39 is 0 Å². The van der Waals surface area contributed by atoms with Crippen molar-refractivity contribution in [3.8, 4) is 11.5 Å². The summed E-state index contributed by atoms with van der Waals surface area (Å²) in [5, 5.41) is 0. The minimum Gasteiger partial charge on any atom is -0.493 e. The largest absolute Gasteiger partial charge is 0.493 e. The number of rotatable bonds is 3. The number of methoxy groups -OCH3 is 1. The van der Waals surface area contributed by atoms with Crippen LogP contribution in [0.2, 0.25) is 0 Å². The lowest BCUT2D eigenvalue weighted by Gasteiger charge is -2.08. The van der Waals surface area contributed by atoms with E-state index in [2.05, 4.69) is 0 Å². The van der Waals surface area contributed by atoms with Crippen LogP contribution in [0.1, 0.15) is 12.8 Å². The third-order valence-electron chi connectivity index (χ3n) is 1.89. The summed E-state index contributed by atoms with van der Waals surface area (Å²) >= 11 is 0. The Bertz CT molecular complexity index is 266. The van der Waals surface area contributed by atoms with E-state index >= 15 is 0 Å². The molecular formula is C10H12O2. The van der Waals surface area contributed by atoms with Crippen molar-refractivity contribution in [2.45, 2.75) is 18.9 Å². The molecule has 12 heavy (non-hydrogen) atoms. The summed E-state index contributed by atoms with van der Waals surface area (Å²) in [5.41, 5.74) is 0. The van der Waals surface area contributed by atoms with E-state index in [1.807, 2.05) is 24.3 Å². The molecule has 0 atom stereocenters. The third-order valence-corrected chi connectivity index (χ3v) is 1.89. The SMILES string of the molecule is COc1ccccc1OC1CC1. The van der Waals surface area contributed by atoms with Crippen molar-refractivity contribution in [1.82, 2.24) is 0 Å². The Balaban J connectivity index is 2.15. The van der Waals surface area contributed by atoms with Gasteiger partial charge >= 0.3 is 0 Å². The van der Waals surface area contributed by atoms with Gasteiger partial charge in [0, 0.05) is 0 Å². The first-order valence-electron chi connectivity index (χ1n) is 4.20. The second kappa shape index (κ2) is 3.05. The molecule has 0 radical (unpaired) electrons. The van der Waals surface area contributed by atoms with E-state index in [9.17, 15) is 0 Å². The highest BCUT2D eigenvalue weighted by atomic mass is 16.5. The molecule has 2 rings (SSSR count). The van der Waals surface area contributed by atoms with E-state index in [1.54, 1.807) is 7.11 Å². The van der Waals surface area contributed by atoms with Crippen LogP contribution < -0.4 is 9.47 Å². The third kappa shape index (κ3) is 1.52. The number of hydrogen-bond donors (Lipinski definition) is 0. The molecule has 0 heterocycles. The van der Waals surface area contributed by atoms with Gasteiger partial charge < -0.3 is 9.47 Å². The highest BCUT2D eigenvalue weighted by Crippen LogP contribution is 2.32. The van der Waals surface area contributed by atoms with Gasteiger partial charge in [-0.2, -0.15) is 0 Å². The fraction of sp³-hybridized carbons (Fsp3) is 0.400. The maximum absolute atomic E-state index is 5.62. The average molecular weight is 164 g/mol. The van der Waals surface area contributed by atoms with Gasteiger partial charge in [0.2, 0.25) is 0 Å². The zero-order valence-corrected chi connectivity index (χ0v) is 7.12. The van der Waals surface area contributed by atoms with Crippen molar-refractivity contribution in [3.05, 3.63) is 24.3 Å². The Kier molecular flexibility index (Phi) is 1.90. The molecule has 1 aliphatic rings. The van der Waals surface area contributed by atoms with Crippen LogP contribution in [-0.2, 0) is 0 Å². The lowest BCUT2D eigenvalue weighted by molar-refractivity contribution is 0.282. The van der Waals surface area contributed by atoms with Crippen molar-refractivity contribution in [3.63, 3.8) is 0 Å². The molecule has 2 heteroatoms. The van der Waals surface area contributed by atoms with Crippen LogP contribution in [0.25, 0.3) is 0 Å². The molecule has 0 amide bonds. The molecule has 0 bridgehead atoms. The first-order chi connectivity index (χ1) is 5.90. The van der Waals surface area contributed by atoms with Gasteiger partial charge in [-0.25, -0.2) is 0 Å². The summed E-state index contributed by atoms with van der Waals surface area (Å²) < 4.78 is 10.8. The topological polar surface area (TPSA) is 18.5 Å². The Morgan fingerprint density at radius 2 is 1.83 bits per heavy atom. The van der Waals surface area contributed by atoms with Gasteiger partial charge in [0.1, 0.15) is 0 Å². The van der Waals surface area contributed by atoms with Gasteiger partial charge in [0.05, 0.1) is 13.2 Å². The highest BCUT2D eigenvalue weighted by molar-refractivity contribution is 5.39. The van der Waals surface area contributed by atoms with Crippen molar-refractivity contribution < 1.29 is 9.47 Å². The smallest absolute Gasteiger partial charge is 0.161 e. The quantitative estimate of drug-likeness (QED) is 0.682. The van der Waals surface area contributed by atoms with Crippen molar-refractivity contribution >= 4 is 0 Å². The lowest BCUT2D eigenvalue weighted by atomic mass is 10.3. The van der Waals surface area contributed by atoms with Crippen LogP contribution in [0.5, 0.6) is 11.5 Å². The van der Waals surface area contributed by atoms with Crippen LogP contribution in [0.4, 0.5) is 0 Å². The van der Waals surface area contributed by atoms with E-state index in [0.717, 1.165) is 11.5 Å². The van der Waals surface area contributed by atoms with Gasteiger partial charge in [-0.15, -0.1) is 0 Å². The standard InChI is InChI=1S/C10H12O2/c1-11-9-4-2-3-5-10(9)12-8-6-7-8/h2-5,8H,6-7H2,1H3. The van der Waals surface area contributed by atoms with Crippen LogP contribution in [0.15, 0.2) is 24.3 Å². The fourth-order valence-corrected chi connectivity index (χ4v) is 1.08. The van der Waals surface area contributed by atoms with Gasteiger partial charge in [0.15, 0.2) is 11.5 Å². The molecular weight excluding hydrogens is 152 g/mol. The molecule has 1 aromatic rings. The van der Waals surface area contributed by atoms with Crippen LogP contribution in [0.3, 0.4) is 0 Å². The molecule has 0 aromatic heterocycles. The monoisotopic (exact) mass is 164 g/mol. The molecule has 1 fully saturated rings. The van der Waals surface area contributed by atoms with Crippen molar-refractivity contribution in [1.29, 1.82) is 0 Å². The molecule has 0 N–H and O–H groups in total. The normalized spacial score (nSPS) is 15.8. The van der Waals surface area contributed by atoms with Gasteiger partial charge in [-0.3, -0.25) is 0 Å². The Morgan fingerprint density at radius 1 is 1.17 bits per heavy atom. The molecule has 0 spiro atoms. The van der Waals surface area contributed by atoms with Crippen LogP contribution in [-0.4, -0.2) is 13.2 Å². The van der Waals surface area contributed by atoms with Crippen LogP contribution in [0, 0.1) is 0 Å². The zero-order chi connectivity index (χ0) is 8.39. The van der Waals surface area contributed by atoms with Gasteiger partial charge in [-0.1, -0.05) is 12.1 Å². The Labute approximate surface area is 72.1 Å². The second-order valence-corrected chi connectivity index (χ2v) is 2.97. The summed E-state index contributed by atoms with van der Waals surface area (Å²) in [5.74, 6) is 1.69. The fourth-order valence-electron chi connectivity index (χ4n) is 1.08. The van der Waals surface area contributed by atoms with E-state index in [-0.39, 0.29) is 0 Å². The first kappa shape index (κ1) is 7.47. The molecule has 1 aliphatic carbocycles. The van der Waals surface area contributed by atoms with E-state index in [0.29, 0.717) is 6.10 Å². The minimum atomic E-state index is 0.432. The van der Waals surface area contributed by atoms with Gasteiger partial charge in [-0.05, 0) is 25.0 Å². The number of benzene rings is 1. The maximum Gasteiger partial charge on any atom is 0.161 e. The predicted molar refractivity (Wildman–Crippen MR) is 46.6 cm³/mol. The highest BCUT2D eigenvalue weighted by Gasteiger charge is 2.24. The second-order valence-electron chi connectivity index (χ2n) is 2.97. The minimum absolute atomic E-state index is 0.432. The van der Waals surface area contributed by atoms with Crippen molar-refractivity contribution in [2.24, 2.45) is 0 Å². The van der Waals surface area contributed by atoms with Crippen LogP contribution >= 0.6 is 0 Å². The molecule has 0 saturated heterocycles.